The summed E-state index contributed by atoms with van der Waals surface area (Å²) in [6, 6.07) is 3.92. The van der Waals surface area contributed by atoms with Crippen molar-refractivity contribution in [3.8, 4) is 11.5 Å². The first kappa shape index (κ1) is 23.9. The van der Waals surface area contributed by atoms with E-state index in [1.54, 1.807) is 25.1 Å². The number of rotatable bonds is 6. The smallest absolute Gasteiger partial charge is 0.410 e. The predicted octanol–water partition coefficient (Wildman–Crippen LogP) is 3.19. The fraction of sp³-hybridized carbons (Fsp3) is 0.640. The van der Waals surface area contributed by atoms with Gasteiger partial charge in [0.25, 0.3) is 0 Å². The van der Waals surface area contributed by atoms with Crippen LogP contribution < -0.4 is 9.47 Å². The van der Waals surface area contributed by atoms with Crippen LogP contribution in [0.25, 0.3) is 0 Å². The van der Waals surface area contributed by atoms with E-state index in [-0.39, 0.29) is 12.4 Å². The molecule has 1 amide bonds. The fourth-order valence-corrected chi connectivity index (χ4v) is 4.99. The van der Waals surface area contributed by atoms with Gasteiger partial charge in [-0.15, -0.1) is 0 Å². The van der Waals surface area contributed by atoms with Crippen molar-refractivity contribution in [3.05, 3.63) is 35.4 Å². The Bertz CT molecular complexity index is 903. The number of methoxy groups -OCH3 is 1. The van der Waals surface area contributed by atoms with E-state index in [1.807, 2.05) is 39.0 Å². The van der Waals surface area contributed by atoms with Gasteiger partial charge in [-0.2, -0.15) is 0 Å². The van der Waals surface area contributed by atoms with Gasteiger partial charge in [0.1, 0.15) is 17.8 Å². The number of carbonyl (C=O) groups excluding carboxylic acids is 1. The first-order valence-corrected chi connectivity index (χ1v) is 11.5. The van der Waals surface area contributed by atoms with Crippen LogP contribution in [0.15, 0.2) is 24.3 Å². The van der Waals surface area contributed by atoms with Crippen molar-refractivity contribution < 1.29 is 33.6 Å². The Morgan fingerprint density at radius 3 is 2.67 bits per heavy atom. The molecule has 0 unspecified atom stereocenters. The number of allylic oxidation sites excluding steroid dienone is 1. The second kappa shape index (κ2) is 9.16. The highest BCUT2D eigenvalue weighted by atomic mass is 16.7. The molecule has 1 aromatic carbocycles. The molecule has 2 aliphatic heterocycles. The lowest BCUT2D eigenvalue weighted by atomic mass is 9.66. The summed E-state index contributed by atoms with van der Waals surface area (Å²) in [5, 5.41) is 10.9. The second-order valence-electron chi connectivity index (χ2n) is 9.98. The first-order valence-electron chi connectivity index (χ1n) is 11.5. The minimum atomic E-state index is -0.769. The van der Waals surface area contributed by atoms with Crippen molar-refractivity contribution in [2.75, 3.05) is 33.9 Å². The maximum atomic E-state index is 12.6. The molecule has 1 fully saturated rings. The molecule has 3 aliphatic rings. The molecule has 0 spiro atoms. The maximum Gasteiger partial charge on any atom is 0.410 e. The van der Waals surface area contributed by atoms with Crippen LogP contribution in [0.5, 0.6) is 11.5 Å². The molecule has 4 rings (SSSR count). The molecule has 1 N–H and O–H groups in total. The molecule has 0 radical (unpaired) electrons. The second-order valence-corrected chi connectivity index (χ2v) is 9.98. The molecule has 1 saturated heterocycles. The number of benzene rings is 1. The van der Waals surface area contributed by atoms with Gasteiger partial charge < -0.3 is 33.7 Å². The highest BCUT2D eigenvalue weighted by Gasteiger charge is 2.54. The Morgan fingerprint density at radius 2 is 2.00 bits per heavy atom. The van der Waals surface area contributed by atoms with Crippen LogP contribution in [-0.4, -0.2) is 74.1 Å². The van der Waals surface area contributed by atoms with Gasteiger partial charge in [0.05, 0.1) is 20.3 Å². The Balaban J connectivity index is 1.68. The lowest BCUT2D eigenvalue weighted by Gasteiger charge is -2.40. The monoisotopic (exact) mass is 461 g/mol. The van der Waals surface area contributed by atoms with E-state index in [4.69, 9.17) is 23.7 Å². The number of aliphatic hydroxyl groups excluding tert-OH is 1. The number of hydrogen-bond acceptors (Lipinski definition) is 7. The van der Waals surface area contributed by atoms with Crippen LogP contribution in [0.4, 0.5) is 4.79 Å². The lowest BCUT2D eigenvalue weighted by molar-refractivity contribution is -0.0403. The number of amides is 1. The third-order valence-corrected chi connectivity index (χ3v) is 6.52. The number of hydrogen-bond donors (Lipinski definition) is 1. The predicted molar refractivity (Wildman–Crippen MR) is 122 cm³/mol. The molecule has 0 saturated carbocycles. The minimum absolute atomic E-state index is 0.313. The van der Waals surface area contributed by atoms with E-state index in [1.165, 1.54) is 0 Å². The van der Waals surface area contributed by atoms with Crippen LogP contribution in [0.1, 0.15) is 44.7 Å². The summed E-state index contributed by atoms with van der Waals surface area (Å²) in [7, 11) is 3.35. The molecule has 1 aliphatic carbocycles. The zero-order valence-electron chi connectivity index (χ0n) is 20.1. The summed E-state index contributed by atoms with van der Waals surface area (Å²) < 4.78 is 28.9. The van der Waals surface area contributed by atoms with Crippen LogP contribution in [0.2, 0.25) is 0 Å². The van der Waals surface area contributed by atoms with E-state index in [0.29, 0.717) is 50.5 Å². The van der Waals surface area contributed by atoms with Crippen LogP contribution in [-0.2, 0) is 26.0 Å². The van der Waals surface area contributed by atoms with E-state index >= 15 is 0 Å². The van der Waals surface area contributed by atoms with Crippen molar-refractivity contribution in [3.63, 3.8) is 0 Å². The van der Waals surface area contributed by atoms with Gasteiger partial charge in [-0.05, 0) is 45.2 Å². The van der Waals surface area contributed by atoms with E-state index < -0.39 is 23.2 Å². The van der Waals surface area contributed by atoms with Crippen LogP contribution >= 0.6 is 0 Å². The summed E-state index contributed by atoms with van der Waals surface area (Å²) in [5.41, 5.74) is 0.956. The van der Waals surface area contributed by atoms with Crippen LogP contribution in [0, 0.1) is 0 Å². The Morgan fingerprint density at radius 1 is 1.27 bits per heavy atom. The van der Waals surface area contributed by atoms with Gasteiger partial charge in [0, 0.05) is 31.0 Å². The highest BCUT2D eigenvalue weighted by molar-refractivity contribution is 5.67. The zero-order chi connectivity index (χ0) is 23.8. The van der Waals surface area contributed by atoms with Gasteiger partial charge in [-0.3, -0.25) is 0 Å². The average molecular weight is 462 g/mol. The minimum Gasteiger partial charge on any atom is -0.493 e. The number of carbonyl (C=O) groups is 1. The molecule has 1 aromatic rings. The van der Waals surface area contributed by atoms with Crippen molar-refractivity contribution in [2.24, 2.45) is 0 Å². The molecular formula is C25H35NO7. The topological polar surface area (TPSA) is 86.7 Å². The molecule has 2 heterocycles. The van der Waals surface area contributed by atoms with Crippen LogP contribution in [0.3, 0.4) is 0 Å². The number of ether oxygens (including phenoxy) is 5. The van der Waals surface area contributed by atoms with E-state index in [0.717, 1.165) is 11.1 Å². The maximum absolute atomic E-state index is 12.6. The molecule has 8 heteroatoms. The van der Waals surface area contributed by atoms with Gasteiger partial charge >= 0.3 is 6.09 Å². The summed E-state index contributed by atoms with van der Waals surface area (Å²) in [6.45, 7) is 7.15. The third-order valence-electron chi connectivity index (χ3n) is 6.52. The Labute approximate surface area is 195 Å². The van der Waals surface area contributed by atoms with E-state index in [9.17, 15) is 9.90 Å². The Kier molecular flexibility index (Phi) is 6.62. The number of aliphatic hydroxyl groups is 1. The summed E-state index contributed by atoms with van der Waals surface area (Å²) >= 11 is 0. The Hall–Kier alpha value is -2.29. The normalized spacial score (nSPS) is 26.5. The largest absolute Gasteiger partial charge is 0.493 e. The zero-order valence-corrected chi connectivity index (χ0v) is 20.1. The summed E-state index contributed by atoms with van der Waals surface area (Å²) in [5.74, 6) is 1.28. The average Bonchev–Trinajstić information content (AvgIpc) is 3.38. The van der Waals surface area contributed by atoms with Crippen molar-refractivity contribution in [1.82, 2.24) is 4.90 Å². The van der Waals surface area contributed by atoms with Gasteiger partial charge in [-0.1, -0.05) is 18.2 Å². The molecular weight excluding hydrogens is 426 g/mol. The van der Waals surface area contributed by atoms with Crippen molar-refractivity contribution in [1.29, 1.82) is 0 Å². The van der Waals surface area contributed by atoms with E-state index in [2.05, 4.69) is 0 Å². The lowest BCUT2D eigenvalue weighted by Crippen LogP contribution is -2.49. The number of nitrogens with zero attached hydrogens (tertiary/aromatic N) is 1. The first-order chi connectivity index (χ1) is 15.6. The molecule has 3 atom stereocenters. The van der Waals surface area contributed by atoms with Crippen molar-refractivity contribution >= 4 is 6.09 Å². The van der Waals surface area contributed by atoms with Gasteiger partial charge in [0.2, 0.25) is 0 Å². The highest BCUT2D eigenvalue weighted by Crippen LogP contribution is 2.55. The molecule has 33 heavy (non-hydrogen) atoms. The molecule has 0 bridgehead atoms. The third kappa shape index (κ3) is 4.69. The summed E-state index contributed by atoms with van der Waals surface area (Å²) in [6.07, 6.45) is 3.68. The number of fused-ring (bicyclic) bond motifs is 3. The SMILES string of the molecule is COc1ccc(CC2OCCO2)c2c1O[C@@H]1[C@@H](O)C=CC[C@]21CCN(C)C(=O)OC(C)(C)C. The molecule has 0 aromatic heterocycles. The quantitative estimate of drug-likeness (QED) is 0.651. The van der Waals surface area contributed by atoms with Gasteiger partial charge in [-0.25, -0.2) is 4.79 Å². The molecule has 8 nitrogen and oxygen atoms in total. The van der Waals surface area contributed by atoms with Crippen molar-refractivity contribution in [2.45, 2.75) is 69.5 Å². The molecule has 182 valence electrons. The fourth-order valence-electron chi connectivity index (χ4n) is 4.99. The summed E-state index contributed by atoms with van der Waals surface area (Å²) in [4.78, 5) is 14.2. The van der Waals surface area contributed by atoms with Gasteiger partial charge in [0.15, 0.2) is 17.8 Å². The standard InChI is InChI=1S/C25H35NO7/c1-24(2,3)33-23(28)26(4)12-11-25-10-6-7-17(27)22(25)32-21-18(29-5)9-8-16(20(21)25)15-19-30-13-14-31-19/h6-9,17,19,22,27H,10-15H2,1-5H3/t17-,22+,25-/m0/s1.